The summed E-state index contributed by atoms with van der Waals surface area (Å²) in [6.45, 7) is 6.49. The monoisotopic (exact) mass is 250 g/mol. The van der Waals surface area contributed by atoms with Gasteiger partial charge in [-0.3, -0.25) is 0 Å². The Morgan fingerprint density at radius 2 is 2.06 bits per heavy atom. The van der Waals surface area contributed by atoms with Crippen molar-refractivity contribution in [1.29, 1.82) is 0 Å². The predicted molar refractivity (Wildman–Crippen MR) is 78.2 cm³/mol. The second-order valence-corrected chi connectivity index (χ2v) is 4.87. The lowest BCUT2D eigenvalue weighted by Gasteiger charge is -2.16. The summed E-state index contributed by atoms with van der Waals surface area (Å²) in [7, 11) is 1.84. The van der Waals surface area contributed by atoms with Crippen LogP contribution in [0, 0.1) is 6.92 Å². The van der Waals surface area contributed by atoms with Gasteiger partial charge < -0.3 is 10.6 Å². The first-order chi connectivity index (χ1) is 8.67. The first-order valence-corrected chi connectivity index (χ1v) is 6.95. The number of hydrogen-bond acceptors (Lipinski definition) is 4. The Morgan fingerprint density at radius 3 is 2.72 bits per heavy atom. The molecule has 0 aliphatic carbocycles. The smallest absolute Gasteiger partial charge is 0.224 e. The summed E-state index contributed by atoms with van der Waals surface area (Å²) >= 11 is 0. The van der Waals surface area contributed by atoms with Crippen molar-refractivity contribution in [1.82, 2.24) is 9.97 Å². The van der Waals surface area contributed by atoms with Crippen molar-refractivity contribution in [3.05, 3.63) is 11.8 Å². The second kappa shape index (κ2) is 7.90. The molecule has 1 aromatic rings. The maximum Gasteiger partial charge on any atom is 0.224 e. The van der Waals surface area contributed by atoms with Crippen molar-refractivity contribution in [3.8, 4) is 0 Å². The number of nitrogens with one attached hydrogen (secondary N) is 2. The molecule has 1 rings (SSSR count). The van der Waals surface area contributed by atoms with Crippen LogP contribution in [0.4, 0.5) is 11.8 Å². The molecule has 0 spiro atoms. The van der Waals surface area contributed by atoms with Gasteiger partial charge in [-0.15, -0.1) is 0 Å². The molecule has 0 bridgehead atoms. The fraction of sp³-hybridized carbons (Fsp3) is 0.714. The lowest BCUT2D eigenvalue weighted by Crippen LogP contribution is -2.17. The largest absolute Gasteiger partial charge is 0.367 e. The third-order valence-corrected chi connectivity index (χ3v) is 3.07. The van der Waals surface area contributed by atoms with Gasteiger partial charge in [0.2, 0.25) is 5.95 Å². The summed E-state index contributed by atoms with van der Waals surface area (Å²) < 4.78 is 0. The zero-order valence-electron chi connectivity index (χ0n) is 12.1. The van der Waals surface area contributed by atoms with E-state index in [1.54, 1.807) is 0 Å². The molecule has 0 aromatic carbocycles. The first-order valence-electron chi connectivity index (χ1n) is 6.95. The third kappa shape index (κ3) is 4.90. The molecule has 1 heterocycles. The summed E-state index contributed by atoms with van der Waals surface area (Å²) in [6.07, 6.45) is 8.28. The highest BCUT2D eigenvalue weighted by molar-refractivity contribution is 5.46. The number of hydrogen-bond donors (Lipinski definition) is 2. The molecule has 0 amide bonds. The van der Waals surface area contributed by atoms with E-state index in [4.69, 9.17) is 0 Å². The molecule has 2 N–H and O–H groups in total. The van der Waals surface area contributed by atoms with Crippen molar-refractivity contribution in [2.75, 3.05) is 17.7 Å². The van der Waals surface area contributed by atoms with E-state index >= 15 is 0 Å². The quantitative estimate of drug-likeness (QED) is 0.692. The topological polar surface area (TPSA) is 49.8 Å². The second-order valence-electron chi connectivity index (χ2n) is 4.87. The van der Waals surface area contributed by atoms with E-state index in [1.165, 1.54) is 32.1 Å². The number of aryl methyl sites for hydroxylation is 1. The average Bonchev–Trinajstić information content (AvgIpc) is 2.37. The minimum absolute atomic E-state index is 0.458. The molecule has 0 radical (unpaired) electrons. The molecule has 0 saturated carbocycles. The van der Waals surface area contributed by atoms with Crippen molar-refractivity contribution in [2.45, 2.75) is 58.9 Å². The van der Waals surface area contributed by atoms with Gasteiger partial charge in [-0.25, -0.2) is 4.98 Å². The Kier molecular flexibility index (Phi) is 6.47. The maximum atomic E-state index is 4.44. The van der Waals surface area contributed by atoms with Gasteiger partial charge in [-0.2, -0.15) is 4.98 Å². The highest BCUT2D eigenvalue weighted by Crippen LogP contribution is 2.15. The fourth-order valence-electron chi connectivity index (χ4n) is 1.89. The first kappa shape index (κ1) is 14.7. The van der Waals surface area contributed by atoms with Crippen LogP contribution >= 0.6 is 0 Å². The molecule has 102 valence electrons. The van der Waals surface area contributed by atoms with Gasteiger partial charge in [0.1, 0.15) is 5.82 Å². The summed E-state index contributed by atoms with van der Waals surface area (Å²) in [6, 6.07) is 0.458. The molecule has 0 aliphatic heterocycles. The van der Waals surface area contributed by atoms with Crippen molar-refractivity contribution in [2.24, 2.45) is 0 Å². The van der Waals surface area contributed by atoms with Gasteiger partial charge in [0.05, 0.1) is 0 Å². The molecule has 18 heavy (non-hydrogen) atoms. The van der Waals surface area contributed by atoms with E-state index in [0.717, 1.165) is 11.4 Å². The maximum absolute atomic E-state index is 4.44. The zero-order valence-corrected chi connectivity index (χ0v) is 12.1. The molecule has 4 heteroatoms. The Hall–Kier alpha value is -1.32. The number of nitrogens with zero attached hydrogens (tertiary/aromatic N) is 2. The van der Waals surface area contributed by atoms with Crippen LogP contribution in [0.3, 0.4) is 0 Å². The third-order valence-electron chi connectivity index (χ3n) is 3.07. The van der Waals surface area contributed by atoms with Crippen LogP contribution in [0.15, 0.2) is 6.20 Å². The molecular formula is C14H26N4. The standard InChI is InChI=1S/C14H26N4/c1-5-6-7-8-9-12(3)17-13-11(2)10-16-14(15-4)18-13/h10,12H,5-9H2,1-4H3,(H2,15,16,17,18). The van der Waals surface area contributed by atoms with Crippen LogP contribution in [0.25, 0.3) is 0 Å². The Balaban J connectivity index is 2.45. The van der Waals surface area contributed by atoms with Gasteiger partial charge in [0.25, 0.3) is 0 Å². The summed E-state index contributed by atoms with van der Waals surface area (Å²) in [4.78, 5) is 8.63. The SMILES string of the molecule is CCCCCCC(C)Nc1nc(NC)ncc1C. The number of aromatic nitrogens is 2. The Labute approximate surface area is 111 Å². The van der Waals surface area contributed by atoms with Crippen molar-refractivity contribution < 1.29 is 0 Å². The number of unbranched alkanes of at least 4 members (excludes halogenated alkanes) is 3. The van der Waals surface area contributed by atoms with Crippen molar-refractivity contribution >= 4 is 11.8 Å². The van der Waals surface area contributed by atoms with E-state index < -0.39 is 0 Å². The summed E-state index contributed by atoms with van der Waals surface area (Å²) in [5.41, 5.74) is 1.09. The zero-order chi connectivity index (χ0) is 13.4. The van der Waals surface area contributed by atoms with E-state index in [0.29, 0.717) is 12.0 Å². The van der Waals surface area contributed by atoms with Crippen LogP contribution in [-0.4, -0.2) is 23.1 Å². The normalized spacial score (nSPS) is 12.2. The minimum atomic E-state index is 0.458. The molecule has 0 aliphatic rings. The number of rotatable bonds is 8. The highest BCUT2D eigenvalue weighted by Gasteiger charge is 2.07. The summed E-state index contributed by atoms with van der Waals surface area (Å²) in [5, 5.41) is 6.44. The molecule has 1 unspecified atom stereocenters. The van der Waals surface area contributed by atoms with Crippen LogP contribution in [0.5, 0.6) is 0 Å². The van der Waals surface area contributed by atoms with Crippen LogP contribution in [0.1, 0.15) is 51.5 Å². The molecule has 0 fully saturated rings. The molecule has 1 aromatic heterocycles. The summed E-state index contributed by atoms with van der Waals surface area (Å²) in [5.74, 6) is 1.61. The van der Waals surface area contributed by atoms with Gasteiger partial charge in [-0.05, 0) is 20.3 Å². The van der Waals surface area contributed by atoms with Gasteiger partial charge in [-0.1, -0.05) is 32.6 Å². The van der Waals surface area contributed by atoms with Crippen LogP contribution < -0.4 is 10.6 Å². The molecule has 4 nitrogen and oxygen atoms in total. The lowest BCUT2D eigenvalue weighted by molar-refractivity contribution is 0.592. The Bertz CT molecular complexity index is 352. The van der Waals surface area contributed by atoms with E-state index in [2.05, 4.69) is 34.4 Å². The lowest BCUT2D eigenvalue weighted by atomic mass is 10.1. The van der Waals surface area contributed by atoms with E-state index in [-0.39, 0.29) is 0 Å². The minimum Gasteiger partial charge on any atom is -0.367 e. The van der Waals surface area contributed by atoms with Gasteiger partial charge >= 0.3 is 0 Å². The molecular weight excluding hydrogens is 224 g/mol. The Morgan fingerprint density at radius 1 is 1.28 bits per heavy atom. The van der Waals surface area contributed by atoms with Crippen LogP contribution in [-0.2, 0) is 0 Å². The van der Waals surface area contributed by atoms with Crippen LogP contribution in [0.2, 0.25) is 0 Å². The number of anilines is 2. The van der Waals surface area contributed by atoms with E-state index in [9.17, 15) is 0 Å². The average molecular weight is 250 g/mol. The predicted octanol–water partition coefficient (Wildman–Crippen LogP) is 3.60. The van der Waals surface area contributed by atoms with Crippen molar-refractivity contribution in [3.63, 3.8) is 0 Å². The fourth-order valence-corrected chi connectivity index (χ4v) is 1.89. The van der Waals surface area contributed by atoms with Gasteiger partial charge in [0, 0.05) is 24.8 Å². The molecule has 0 saturated heterocycles. The molecule has 1 atom stereocenters. The van der Waals surface area contributed by atoms with Gasteiger partial charge in [0.15, 0.2) is 0 Å². The van der Waals surface area contributed by atoms with E-state index in [1.807, 2.05) is 20.2 Å². The highest BCUT2D eigenvalue weighted by atomic mass is 15.1.